The van der Waals surface area contributed by atoms with Crippen molar-refractivity contribution >= 4 is 12.1 Å². The molecule has 7 heteroatoms. The van der Waals surface area contributed by atoms with Gasteiger partial charge in [0.15, 0.2) is 6.04 Å². The molecule has 2 fully saturated rings. The van der Waals surface area contributed by atoms with Crippen LogP contribution in [-0.2, 0) is 20.9 Å². The van der Waals surface area contributed by atoms with E-state index in [0.29, 0.717) is 0 Å². The van der Waals surface area contributed by atoms with E-state index in [-0.39, 0.29) is 6.61 Å². The Kier molecular flexibility index (Phi) is 12.6. The molecular weight excluding hydrogens is 444 g/mol. The van der Waals surface area contributed by atoms with E-state index in [1.54, 1.807) is 6.92 Å². The fourth-order valence-corrected chi connectivity index (χ4v) is 4.77. The summed E-state index contributed by atoms with van der Waals surface area (Å²) in [5.74, 6) is -1.17. The van der Waals surface area contributed by atoms with Gasteiger partial charge in [-0.25, -0.2) is 9.59 Å². The zero-order chi connectivity index (χ0) is 25.7. The van der Waals surface area contributed by atoms with Crippen molar-refractivity contribution in [2.24, 2.45) is 0 Å². The number of nitrogens with one attached hydrogen (secondary N) is 2. The van der Waals surface area contributed by atoms with Gasteiger partial charge in [0.25, 0.3) is 0 Å². The summed E-state index contributed by atoms with van der Waals surface area (Å²) < 4.78 is 10.6. The molecule has 3 N–H and O–H groups in total. The Morgan fingerprint density at radius 1 is 0.943 bits per heavy atom. The molecule has 0 saturated heterocycles. The number of alkyl carbamates (subject to hydrolysis) is 1. The minimum atomic E-state index is -1.18. The highest BCUT2D eigenvalue weighted by Gasteiger charge is 2.30. The number of carbonyl (C=O) groups excluding carboxylic acids is 1. The Morgan fingerprint density at radius 3 is 1.91 bits per heavy atom. The van der Waals surface area contributed by atoms with Crippen molar-refractivity contribution in [3.8, 4) is 0 Å². The molecule has 0 aliphatic heterocycles. The first-order chi connectivity index (χ1) is 16.6. The van der Waals surface area contributed by atoms with Gasteiger partial charge in [-0.3, -0.25) is 0 Å². The first kappa shape index (κ1) is 29.1. The number of benzene rings is 1. The molecule has 35 heavy (non-hydrogen) atoms. The second-order valence-corrected chi connectivity index (χ2v) is 10.8. The number of carbonyl (C=O) groups is 2. The van der Waals surface area contributed by atoms with E-state index < -0.39 is 29.8 Å². The second kappa shape index (κ2) is 15.1. The highest BCUT2D eigenvalue weighted by Crippen LogP contribution is 2.22. The number of ether oxygens (including phenoxy) is 2. The van der Waals surface area contributed by atoms with Gasteiger partial charge in [-0.05, 0) is 58.9 Å². The average molecular weight is 491 g/mol. The predicted octanol–water partition coefficient (Wildman–Crippen LogP) is 5.81. The lowest BCUT2D eigenvalue weighted by Crippen LogP contribution is -2.50. The van der Waals surface area contributed by atoms with Crippen LogP contribution in [0.1, 0.15) is 97.5 Å². The molecule has 2 atom stereocenters. The highest BCUT2D eigenvalue weighted by atomic mass is 16.6. The van der Waals surface area contributed by atoms with Gasteiger partial charge in [0.2, 0.25) is 0 Å². The smallest absolute Gasteiger partial charge is 0.408 e. The molecule has 3 rings (SSSR count). The molecule has 0 heterocycles. The Labute approximate surface area is 211 Å². The van der Waals surface area contributed by atoms with Gasteiger partial charge in [-0.15, -0.1) is 0 Å². The monoisotopic (exact) mass is 490 g/mol. The second-order valence-electron chi connectivity index (χ2n) is 10.8. The molecule has 1 aromatic rings. The lowest BCUT2D eigenvalue weighted by atomic mass is 9.91. The maximum absolute atomic E-state index is 11.7. The summed E-state index contributed by atoms with van der Waals surface area (Å²) in [6.45, 7) is 7.12. The van der Waals surface area contributed by atoms with E-state index in [1.807, 2.05) is 51.1 Å². The zero-order valence-electron chi connectivity index (χ0n) is 22.1. The van der Waals surface area contributed by atoms with E-state index in [1.165, 1.54) is 64.2 Å². The molecule has 0 aromatic heterocycles. The van der Waals surface area contributed by atoms with Crippen LogP contribution in [0.4, 0.5) is 4.79 Å². The number of hydrogen-bond acceptors (Lipinski definition) is 5. The van der Waals surface area contributed by atoms with Gasteiger partial charge in [-0.1, -0.05) is 68.9 Å². The largest absolute Gasteiger partial charge is 0.480 e. The molecular formula is C28H46N2O5. The Morgan fingerprint density at radius 2 is 1.46 bits per heavy atom. The summed E-state index contributed by atoms with van der Waals surface area (Å²) in [6.07, 6.45) is 13.1. The third-order valence-corrected chi connectivity index (χ3v) is 6.44. The van der Waals surface area contributed by atoms with Crippen LogP contribution in [0, 0.1) is 0 Å². The molecule has 2 aliphatic rings. The van der Waals surface area contributed by atoms with Crippen molar-refractivity contribution in [2.45, 2.75) is 128 Å². The lowest BCUT2D eigenvalue weighted by molar-refractivity contribution is -0.147. The van der Waals surface area contributed by atoms with Crippen LogP contribution in [0.15, 0.2) is 30.3 Å². The zero-order valence-corrected chi connectivity index (χ0v) is 22.1. The number of carboxylic acid groups (broad SMARTS) is 1. The number of amides is 1. The van der Waals surface area contributed by atoms with Crippen LogP contribution < -0.4 is 10.6 Å². The maximum Gasteiger partial charge on any atom is 0.408 e. The molecule has 198 valence electrons. The summed E-state index contributed by atoms with van der Waals surface area (Å²) >= 11 is 0. The summed E-state index contributed by atoms with van der Waals surface area (Å²) in [5.41, 5.74) is 0.312. The molecule has 1 aromatic carbocycles. The Balaban J connectivity index is 0.000000279. The third-order valence-electron chi connectivity index (χ3n) is 6.44. The van der Waals surface area contributed by atoms with Crippen molar-refractivity contribution in [3.63, 3.8) is 0 Å². The molecule has 1 amide bonds. The van der Waals surface area contributed by atoms with Crippen LogP contribution >= 0.6 is 0 Å². The van der Waals surface area contributed by atoms with Crippen LogP contribution in [-0.4, -0.2) is 47.0 Å². The Bertz CT molecular complexity index is 721. The average Bonchev–Trinajstić information content (AvgIpc) is 2.82. The topological polar surface area (TPSA) is 96.9 Å². The summed E-state index contributed by atoms with van der Waals surface area (Å²) in [5, 5.41) is 15.4. The van der Waals surface area contributed by atoms with Crippen molar-refractivity contribution in [2.75, 3.05) is 0 Å². The minimum absolute atomic E-state index is 0.0769. The summed E-state index contributed by atoms with van der Waals surface area (Å²) in [6, 6.07) is 9.71. The summed E-state index contributed by atoms with van der Waals surface area (Å²) in [7, 11) is 0. The van der Waals surface area contributed by atoms with Crippen LogP contribution in [0.3, 0.4) is 0 Å². The lowest BCUT2D eigenvalue weighted by Gasteiger charge is -2.30. The normalized spacial score (nSPS) is 19.1. The van der Waals surface area contributed by atoms with Crippen molar-refractivity contribution < 1.29 is 24.2 Å². The van der Waals surface area contributed by atoms with Crippen molar-refractivity contribution in [3.05, 3.63) is 35.9 Å². The van der Waals surface area contributed by atoms with Crippen LogP contribution in [0.5, 0.6) is 0 Å². The van der Waals surface area contributed by atoms with Gasteiger partial charge in [0, 0.05) is 12.1 Å². The van der Waals surface area contributed by atoms with Crippen molar-refractivity contribution in [1.29, 1.82) is 0 Å². The minimum Gasteiger partial charge on any atom is -0.480 e. The van der Waals surface area contributed by atoms with E-state index in [4.69, 9.17) is 9.47 Å². The molecule has 2 aliphatic carbocycles. The fraction of sp³-hybridized carbons (Fsp3) is 0.714. The molecule has 2 saturated carbocycles. The van der Waals surface area contributed by atoms with Crippen LogP contribution in [0.25, 0.3) is 0 Å². The van der Waals surface area contributed by atoms with Gasteiger partial charge >= 0.3 is 12.1 Å². The first-order valence-corrected chi connectivity index (χ1v) is 13.3. The molecule has 7 nitrogen and oxygen atoms in total. The number of aliphatic carboxylic acids is 1. The van der Waals surface area contributed by atoms with E-state index in [0.717, 1.165) is 17.6 Å². The molecule has 0 radical (unpaired) electrons. The first-order valence-electron chi connectivity index (χ1n) is 13.3. The number of rotatable bonds is 8. The quantitative estimate of drug-likeness (QED) is 0.425. The van der Waals surface area contributed by atoms with Crippen molar-refractivity contribution in [1.82, 2.24) is 10.6 Å². The number of carboxylic acids is 1. The van der Waals surface area contributed by atoms with Gasteiger partial charge in [-0.2, -0.15) is 0 Å². The number of hydrogen-bond donors (Lipinski definition) is 3. The third kappa shape index (κ3) is 12.4. The van der Waals surface area contributed by atoms with Gasteiger partial charge in [0.05, 0.1) is 11.7 Å². The Hall–Kier alpha value is -2.12. The van der Waals surface area contributed by atoms with Gasteiger partial charge in [0.1, 0.15) is 6.61 Å². The SMILES string of the molecule is C1CCC(NC2CCCCC2)CC1.CC(OC(C)(C)C)[C@H](NC(=O)OCc1ccccc1)C(=O)O. The van der Waals surface area contributed by atoms with E-state index in [9.17, 15) is 14.7 Å². The maximum atomic E-state index is 11.7. The van der Waals surface area contributed by atoms with Gasteiger partial charge < -0.3 is 25.2 Å². The highest BCUT2D eigenvalue weighted by molar-refractivity contribution is 5.80. The molecule has 0 bridgehead atoms. The summed E-state index contributed by atoms with van der Waals surface area (Å²) in [4.78, 5) is 23.0. The van der Waals surface area contributed by atoms with E-state index >= 15 is 0 Å². The fourth-order valence-electron chi connectivity index (χ4n) is 4.77. The standard InChI is InChI=1S/C16H23NO5.C12H23N/c1-11(22-16(2,3)4)13(14(18)19)17-15(20)21-10-12-8-6-5-7-9-12;1-3-7-11(8-4-1)13-12-9-5-2-6-10-12/h5-9,11,13H,10H2,1-4H3,(H,17,20)(H,18,19);11-13H,1-10H2/t11?,13-;/m0./s1. The van der Waals surface area contributed by atoms with E-state index in [2.05, 4.69) is 10.6 Å². The molecule has 1 unspecified atom stereocenters. The van der Waals surface area contributed by atoms with Crippen LogP contribution in [0.2, 0.25) is 0 Å². The molecule has 0 spiro atoms. The predicted molar refractivity (Wildman–Crippen MR) is 138 cm³/mol.